The fourth-order valence-electron chi connectivity index (χ4n) is 1.61. The second kappa shape index (κ2) is 3.89. The van der Waals surface area contributed by atoms with Crippen molar-refractivity contribution in [1.29, 1.82) is 0 Å². The Morgan fingerprint density at radius 2 is 1.94 bits per heavy atom. The molecule has 0 aliphatic heterocycles. The van der Waals surface area contributed by atoms with Crippen LogP contribution in [0.25, 0.3) is 11.1 Å². The lowest BCUT2D eigenvalue weighted by molar-refractivity contribution is 0.511. The quantitative estimate of drug-likeness (QED) is 0.788. The lowest BCUT2D eigenvalue weighted by Gasteiger charge is -2.05. The summed E-state index contributed by atoms with van der Waals surface area (Å²) in [5, 5.41) is 0. The Balaban J connectivity index is 2.78. The number of aromatic nitrogens is 1. The number of benzene rings is 1. The van der Waals surface area contributed by atoms with Crippen molar-refractivity contribution in [3.05, 3.63) is 58.0 Å². The molecule has 0 amide bonds. The number of H-pyrrole nitrogens is 1. The average molecular weight is 221 g/mol. The predicted octanol–water partition coefficient (Wildman–Crippen LogP) is 2.63. The SMILES string of the molecule is Cc1cc[nH]c(=O)c1-c1cccc(F)c1F. The highest BCUT2D eigenvalue weighted by atomic mass is 19.2. The van der Waals surface area contributed by atoms with E-state index in [-0.39, 0.29) is 11.1 Å². The standard InChI is InChI=1S/C12H9F2NO/c1-7-5-6-15-12(16)10(7)8-3-2-4-9(13)11(8)14/h2-6H,1H3,(H,15,16). The number of aryl methyl sites for hydroxylation is 1. The van der Waals surface area contributed by atoms with Crippen molar-refractivity contribution < 1.29 is 8.78 Å². The monoisotopic (exact) mass is 221 g/mol. The maximum absolute atomic E-state index is 13.5. The average Bonchev–Trinajstić information content (AvgIpc) is 2.24. The van der Waals surface area contributed by atoms with Gasteiger partial charge < -0.3 is 4.98 Å². The van der Waals surface area contributed by atoms with Gasteiger partial charge in [0.05, 0.1) is 5.56 Å². The highest BCUT2D eigenvalue weighted by molar-refractivity contribution is 5.66. The summed E-state index contributed by atoms with van der Waals surface area (Å²) in [4.78, 5) is 14.0. The Labute approximate surface area is 90.6 Å². The highest BCUT2D eigenvalue weighted by Crippen LogP contribution is 2.23. The predicted molar refractivity (Wildman–Crippen MR) is 57.2 cm³/mol. The van der Waals surface area contributed by atoms with Gasteiger partial charge in [-0.05, 0) is 24.6 Å². The lowest BCUT2D eigenvalue weighted by Crippen LogP contribution is -2.10. The fraction of sp³-hybridized carbons (Fsp3) is 0.0833. The largest absolute Gasteiger partial charge is 0.329 e. The zero-order valence-electron chi connectivity index (χ0n) is 8.55. The van der Waals surface area contributed by atoms with Gasteiger partial charge >= 0.3 is 0 Å². The van der Waals surface area contributed by atoms with Crippen LogP contribution in [-0.2, 0) is 0 Å². The zero-order valence-corrected chi connectivity index (χ0v) is 8.55. The zero-order chi connectivity index (χ0) is 11.7. The first-order valence-corrected chi connectivity index (χ1v) is 4.74. The molecule has 0 spiro atoms. The summed E-state index contributed by atoms with van der Waals surface area (Å²) in [6, 6.07) is 5.42. The Kier molecular flexibility index (Phi) is 2.56. The van der Waals surface area contributed by atoms with Gasteiger partial charge in [0.15, 0.2) is 11.6 Å². The molecule has 0 aliphatic carbocycles. The number of hydrogen-bond acceptors (Lipinski definition) is 1. The second-order valence-electron chi connectivity index (χ2n) is 3.47. The second-order valence-corrected chi connectivity index (χ2v) is 3.47. The minimum atomic E-state index is -0.998. The van der Waals surface area contributed by atoms with Crippen LogP contribution in [-0.4, -0.2) is 4.98 Å². The first-order valence-electron chi connectivity index (χ1n) is 4.74. The third-order valence-electron chi connectivity index (χ3n) is 2.39. The molecule has 1 aromatic heterocycles. The topological polar surface area (TPSA) is 32.9 Å². The molecule has 82 valence electrons. The first-order chi connectivity index (χ1) is 7.61. The lowest BCUT2D eigenvalue weighted by atomic mass is 10.0. The summed E-state index contributed by atoms with van der Waals surface area (Å²) in [6.45, 7) is 1.68. The molecule has 0 atom stereocenters. The van der Waals surface area contributed by atoms with E-state index in [9.17, 15) is 13.6 Å². The maximum atomic E-state index is 13.5. The summed E-state index contributed by atoms with van der Waals surface area (Å²) >= 11 is 0. The molecular formula is C12H9F2NO. The number of hydrogen-bond donors (Lipinski definition) is 1. The van der Waals surface area contributed by atoms with Crippen LogP contribution >= 0.6 is 0 Å². The van der Waals surface area contributed by atoms with Crippen LogP contribution in [0.4, 0.5) is 8.78 Å². The summed E-state index contributed by atoms with van der Waals surface area (Å²) < 4.78 is 26.6. The van der Waals surface area contributed by atoms with Crippen molar-refractivity contribution in [3.8, 4) is 11.1 Å². The van der Waals surface area contributed by atoms with Crippen LogP contribution < -0.4 is 5.56 Å². The number of nitrogens with one attached hydrogen (secondary N) is 1. The van der Waals surface area contributed by atoms with Crippen LogP contribution in [0.1, 0.15) is 5.56 Å². The number of rotatable bonds is 1. The molecule has 0 saturated carbocycles. The third-order valence-corrected chi connectivity index (χ3v) is 2.39. The molecule has 0 fully saturated rings. The van der Waals surface area contributed by atoms with Gasteiger partial charge in [0.25, 0.3) is 5.56 Å². The summed E-state index contributed by atoms with van der Waals surface area (Å²) in [7, 11) is 0. The van der Waals surface area contributed by atoms with Gasteiger partial charge in [0, 0.05) is 11.8 Å². The molecule has 2 nitrogen and oxygen atoms in total. The van der Waals surface area contributed by atoms with Crippen molar-refractivity contribution in [2.45, 2.75) is 6.92 Å². The van der Waals surface area contributed by atoms with Gasteiger partial charge in [-0.15, -0.1) is 0 Å². The van der Waals surface area contributed by atoms with E-state index in [1.54, 1.807) is 13.0 Å². The first kappa shape index (κ1) is 10.5. The van der Waals surface area contributed by atoms with E-state index in [4.69, 9.17) is 0 Å². The molecular weight excluding hydrogens is 212 g/mol. The van der Waals surface area contributed by atoms with Crippen molar-refractivity contribution in [3.63, 3.8) is 0 Å². The van der Waals surface area contributed by atoms with E-state index in [0.717, 1.165) is 6.07 Å². The summed E-state index contributed by atoms with van der Waals surface area (Å²) in [6.07, 6.45) is 1.47. The molecule has 1 heterocycles. The van der Waals surface area contributed by atoms with Gasteiger partial charge in [-0.25, -0.2) is 8.78 Å². The Morgan fingerprint density at radius 1 is 1.19 bits per heavy atom. The smallest absolute Gasteiger partial charge is 0.256 e. The van der Waals surface area contributed by atoms with E-state index in [1.165, 1.54) is 18.3 Å². The van der Waals surface area contributed by atoms with Gasteiger partial charge in [0.2, 0.25) is 0 Å². The van der Waals surface area contributed by atoms with Gasteiger partial charge in [-0.2, -0.15) is 0 Å². The fourth-order valence-corrected chi connectivity index (χ4v) is 1.61. The molecule has 16 heavy (non-hydrogen) atoms. The normalized spacial score (nSPS) is 10.4. The Morgan fingerprint density at radius 3 is 2.62 bits per heavy atom. The molecule has 4 heteroatoms. The van der Waals surface area contributed by atoms with E-state index in [0.29, 0.717) is 5.56 Å². The number of aromatic amines is 1. The molecule has 0 aliphatic rings. The van der Waals surface area contributed by atoms with Crippen molar-refractivity contribution >= 4 is 0 Å². The van der Waals surface area contributed by atoms with Gasteiger partial charge in [0.1, 0.15) is 0 Å². The van der Waals surface area contributed by atoms with Crippen LogP contribution in [0.15, 0.2) is 35.3 Å². The van der Waals surface area contributed by atoms with E-state index in [1.807, 2.05) is 0 Å². The van der Waals surface area contributed by atoms with E-state index < -0.39 is 17.2 Å². The van der Waals surface area contributed by atoms with Gasteiger partial charge in [-0.1, -0.05) is 12.1 Å². The van der Waals surface area contributed by atoms with Crippen LogP contribution in [0.5, 0.6) is 0 Å². The molecule has 0 bridgehead atoms. The third kappa shape index (κ3) is 1.62. The molecule has 0 radical (unpaired) electrons. The van der Waals surface area contributed by atoms with E-state index >= 15 is 0 Å². The number of halogens is 2. The molecule has 0 saturated heterocycles. The molecule has 1 aromatic carbocycles. The van der Waals surface area contributed by atoms with Crippen LogP contribution in [0.2, 0.25) is 0 Å². The van der Waals surface area contributed by atoms with Gasteiger partial charge in [-0.3, -0.25) is 4.79 Å². The molecule has 1 N–H and O–H groups in total. The minimum absolute atomic E-state index is 0.0145. The highest BCUT2D eigenvalue weighted by Gasteiger charge is 2.14. The number of pyridine rings is 1. The molecule has 2 rings (SSSR count). The van der Waals surface area contributed by atoms with Crippen LogP contribution in [0, 0.1) is 18.6 Å². The maximum Gasteiger partial charge on any atom is 0.256 e. The van der Waals surface area contributed by atoms with Crippen molar-refractivity contribution in [2.75, 3.05) is 0 Å². The molecule has 0 unspecified atom stereocenters. The Hall–Kier alpha value is -1.97. The Bertz CT molecular complexity index is 590. The van der Waals surface area contributed by atoms with Crippen molar-refractivity contribution in [1.82, 2.24) is 4.98 Å². The van der Waals surface area contributed by atoms with E-state index in [2.05, 4.69) is 4.98 Å². The minimum Gasteiger partial charge on any atom is -0.329 e. The summed E-state index contributed by atoms with van der Waals surface area (Å²) in [5.41, 5.74) is 0.330. The van der Waals surface area contributed by atoms with Crippen molar-refractivity contribution in [2.24, 2.45) is 0 Å². The van der Waals surface area contributed by atoms with Crippen LogP contribution in [0.3, 0.4) is 0 Å². The summed E-state index contributed by atoms with van der Waals surface area (Å²) in [5.74, 6) is -1.96. The molecule has 2 aromatic rings.